The standard InChI is InChI=1S/C17H15Cl2N3O2.ClH/c1-10-21-9-15(22-10)17(23)20-7-6-12-3-5-16(24-12)11-2-4-13(18)14(19)8-11;/h2-5,8-9H,6-7H2,1H3,(H,20,23)(H,21,22);1H. The molecule has 0 saturated heterocycles. The molecular formula is C17H16Cl3N3O2. The van der Waals surface area contributed by atoms with Gasteiger partial charge in [-0.1, -0.05) is 23.2 Å². The maximum absolute atomic E-state index is 11.9. The van der Waals surface area contributed by atoms with E-state index in [1.807, 2.05) is 18.2 Å². The number of H-pyrrole nitrogens is 1. The first-order chi connectivity index (χ1) is 11.5. The molecule has 0 aliphatic heterocycles. The Hall–Kier alpha value is -1.95. The molecule has 2 heterocycles. The lowest BCUT2D eigenvalue weighted by Crippen LogP contribution is -2.25. The average Bonchev–Trinajstić information content (AvgIpc) is 3.19. The number of carbonyl (C=O) groups excluding carboxylic acids is 1. The van der Waals surface area contributed by atoms with Crippen molar-refractivity contribution in [3.05, 3.63) is 63.9 Å². The second kappa shape index (κ2) is 8.43. The molecule has 8 heteroatoms. The normalized spacial score (nSPS) is 10.4. The number of nitrogens with zero attached hydrogens (tertiary/aromatic N) is 1. The van der Waals surface area contributed by atoms with Gasteiger partial charge in [-0.3, -0.25) is 4.79 Å². The molecule has 3 rings (SSSR count). The first-order valence-electron chi connectivity index (χ1n) is 7.37. The van der Waals surface area contributed by atoms with Crippen LogP contribution in [0.4, 0.5) is 0 Å². The van der Waals surface area contributed by atoms with Crippen LogP contribution in [0.1, 0.15) is 22.1 Å². The summed E-state index contributed by atoms with van der Waals surface area (Å²) in [6.07, 6.45) is 2.16. The van der Waals surface area contributed by atoms with Crippen molar-refractivity contribution in [1.82, 2.24) is 15.3 Å². The molecule has 5 nitrogen and oxygen atoms in total. The zero-order valence-electron chi connectivity index (χ0n) is 13.3. The van der Waals surface area contributed by atoms with E-state index in [1.165, 1.54) is 0 Å². The number of hydrogen-bond donors (Lipinski definition) is 2. The van der Waals surface area contributed by atoms with Crippen LogP contribution >= 0.6 is 35.6 Å². The van der Waals surface area contributed by atoms with Crippen molar-refractivity contribution in [2.45, 2.75) is 13.3 Å². The van der Waals surface area contributed by atoms with E-state index in [-0.39, 0.29) is 18.3 Å². The Morgan fingerprint density at radius 3 is 2.72 bits per heavy atom. The monoisotopic (exact) mass is 399 g/mol. The number of hydrogen-bond acceptors (Lipinski definition) is 3. The van der Waals surface area contributed by atoms with Crippen LogP contribution in [-0.2, 0) is 6.42 Å². The quantitative estimate of drug-likeness (QED) is 0.653. The predicted octanol–water partition coefficient (Wildman–Crippen LogP) is 4.68. The molecule has 25 heavy (non-hydrogen) atoms. The van der Waals surface area contributed by atoms with Crippen LogP contribution in [0.5, 0.6) is 0 Å². The molecule has 0 unspecified atom stereocenters. The SMILES string of the molecule is Cc1nc(C(=O)NCCc2ccc(-c3ccc(Cl)c(Cl)c3)o2)c[nH]1.Cl. The molecule has 0 spiro atoms. The Kier molecular flexibility index (Phi) is 6.53. The number of aryl methyl sites for hydroxylation is 1. The van der Waals surface area contributed by atoms with Gasteiger partial charge in [0.15, 0.2) is 0 Å². The molecule has 1 amide bonds. The van der Waals surface area contributed by atoms with Crippen LogP contribution in [0.3, 0.4) is 0 Å². The van der Waals surface area contributed by atoms with E-state index in [0.29, 0.717) is 40.3 Å². The number of aromatic amines is 1. The third-order valence-electron chi connectivity index (χ3n) is 3.46. The summed E-state index contributed by atoms with van der Waals surface area (Å²) in [5.74, 6) is 1.97. The highest BCUT2D eigenvalue weighted by molar-refractivity contribution is 6.42. The number of benzene rings is 1. The van der Waals surface area contributed by atoms with E-state index in [0.717, 1.165) is 11.3 Å². The Bertz CT molecular complexity index is 874. The number of carbonyl (C=O) groups is 1. The fourth-order valence-electron chi connectivity index (χ4n) is 2.24. The summed E-state index contributed by atoms with van der Waals surface area (Å²) in [5, 5.41) is 3.79. The van der Waals surface area contributed by atoms with Crippen molar-refractivity contribution < 1.29 is 9.21 Å². The third-order valence-corrected chi connectivity index (χ3v) is 4.20. The number of imidazole rings is 1. The van der Waals surface area contributed by atoms with E-state index in [2.05, 4.69) is 15.3 Å². The fraction of sp³-hybridized carbons (Fsp3) is 0.176. The topological polar surface area (TPSA) is 70.9 Å². The molecule has 1 aromatic carbocycles. The van der Waals surface area contributed by atoms with Crippen molar-refractivity contribution >= 4 is 41.5 Å². The predicted molar refractivity (Wildman–Crippen MR) is 101 cm³/mol. The summed E-state index contributed by atoms with van der Waals surface area (Å²) in [4.78, 5) is 18.9. The van der Waals surface area contributed by atoms with E-state index in [1.54, 1.807) is 25.3 Å². The van der Waals surface area contributed by atoms with Gasteiger partial charge in [-0.15, -0.1) is 12.4 Å². The van der Waals surface area contributed by atoms with E-state index >= 15 is 0 Å². The Labute approximate surface area is 161 Å². The van der Waals surface area contributed by atoms with E-state index in [4.69, 9.17) is 27.6 Å². The van der Waals surface area contributed by atoms with Gasteiger partial charge in [0.2, 0.25) is 0 Å². The molecule has 0 aliphatic carbocycles. The summed E-state index contributed by atoms with van der Waals surface area (Å²) in [5.41, 5.74) is 1.23. The minimum Gasteiger partial charge on any atom is -0.461 e. The molecule has 2 aromatic heterocycles. The smallest absolute Gasteiger partial charge is 0.271 e. The lowest BCUT2D eigenvalue weighted by Gasteiger charge is -2.02. The molecule has 0 aliphatic rings. The van der Waals surface area contributed by atoms with Crippen LogP contribution in [-0.4, -0.2) is 22.4 Å². The van der Waals surface area contributed by atoms with Crippen LogP contribution in [0.25, 0.3) is 11.3 Å². The molecule has 3 aromatic rings. The Morgan fingerprint density at radius 1 is 1.24 bits per heavy atom. The van der Waals surface area contributed by atoms with Crippen LogP contribution in [0, 0.1) is 6.92 Å². The molecule has 0 radical (unpaired) electrons. The lowest BCUT2D eigenvalue weighted by molar-refractivity contribution is 0.0949. The van der Waals surface area contributed by atoms with Crippen LogP contribution in [0.15, 0.2) is 40.9 Å². The molecule has 2 N–H and O–H groups in total. The summed E-state index contributed by atoms with van der Waals surface area (Å²) < 4.78 is 5.78. The summed E-state index contributed by atoms with van der Waals surface area (Å²) in [6.45, 7) is 2.25. The number of amides is 1. The fourth-order valence-corrected chi connectivity index (χ4v) is 2.54. The highest BCUT2D eigenvalue weighted by Crippen LogP contribution is 2.29. The Balaban J connectivity index is 0.00000225. The highest BCUT2D eigenvalue weighted by atomic mass is 35.5. The van der Waals surface area contributed by atoms with Gasteiger partial charge in [0, 0.05) is 24.7 Å². The first kappa shape index (κ1) is 19.4. The second-order valence-corrected chi connectivity index (χ2v) is 6.09. The Morgan fingerprint density at radius 2 is 2.04 bits per heavy atom. The van der Waals surface area contributed by atoms with Gasteiger partial charge in [0.25, 0.3) is 5.91 Å². The molecule has 0 atom stereocenters. The lowest BCUT2D eigenvalue weighted by atomic mass is 10.2. The number of nitrogens with one attached hydrogen (secondary N) is 2. The maximum atomic E-state index is 11.9. The summed E-state index contributed by atoms with van der Waals surface area (Å²) in [7, 11) is 0. The largest absolute Gasteiger partial charge is 0.461 e. The third kappa shape index (κ3) is 4.78. The minimum absolute atomic E-state index is 0. The number of aromatic nitrogens is 2. The first-order valence-corrected chi connectivity index (χ1v) is 8.13. The van der Waals surface area contributed by atoms with Gasteiger partial charge in [-0.2, -0.15) is 0 Å². The van der Waals surface area contributed by atoms with Crippen molar-refractivity contribution in [1.29, 1.82) is 0 Å². The number of halogens is 3. The molecule has 0 saturated carbocycles. The van der Waals surface area contributed by atoms with Gasteiger partial charge < -0.3 is 14.7 Å². The highest BCUT2D eigenvalue weighted by Gasteiger charge is 2.10. The van der Waals surface area contributed by atoms with Crippen molar-refractivity contribution in [2.75, 3.05) is 6.54 Å². The maximum Gasteiger partial charge on any atom is 0.271 e. The van der Waals surface area contributed by atoms with Crippen LogP contribution in [0.2, 0.25) is 10.0 Å². The van der Waals surface area contributed by atoms with Gasteiger partial charge >= 0.3 is 0 Å². The van der Waals surface area contributed by atoms with E-state index in [9.17, 15) is 4.79 Å². The zero-order valence-corrected chi connectivity index (χ0v) is 15.6. The molecule has 0 bridgehead atoms. The summed E-state index contributed by atoms with van der Waals surface area (Å²) >= 11 is 11.9. The van der Waals surface area contributed by atoms with Gasteiger partial charge in [-0.05, 0) is 37.3 Å². The van der Waals surface area contributed by atoms with E-state index < -0.39 is 0 Å². The number of furan rings is 1. The zero-order chi connectivity index (χ0) is 17.1. The molecule has 0 fully saturated rings. The van der Waals surface area contributed by atoms with Crippen molar-refractivity contribution in [2.24, 2.45) is 0 Å². The van der Waals surface area contributed by atoms with Gasteiger partial charge in [0.05, 0.1) is 10.0 Å². The summed E-state index contributed by atoms with van der Waals surface area (Å²) in [6, 6.07) is 9.08. The van der Waals surface area contributed by atoms with Crippen molar-refractivity contribution in [3.63, 3.8) is 0 Å². The van der Waals surface area contributed by atoms with Crippen LogP contribution < -0.4 is 5.32 Å². The number of rotatable bonds is 5. The second-order valence-electron chi connectivity index (χ2n) is 5.27. The molecule has 132 valence electrons. The minimum atomic E-state index is -0.212. The molecular weight excluding hydrogens is 385 g/mol. The van der Waals surface area contributed by atoms with Gasteiger partial charge in [0.1, 0.15) is 23.0 Å². The average molecular weight is 401 g/mol. The van der Waals surface area contributed by atoms with Crippen molar-refractivity contribution in [3.8, 4) is 11.3 Å². The van der Waals surface area contributed by atoms with Gasteiger partial charge in [-0.25, -0.2) is 4.98 Å².